The van der Waals surface area contributed by atoms with Gasteiger partial charge in [-0.25, -0.2) is 0 Å². The smallest absolute Gasteiger partial charge is 0.311 e. The van der Waals surface area contributed by atoms with Crippen molar-refractivity contribution in [3.05, 3.63) is 0 Å². The van der Waals surface area contributed by atoms with Crippen molar-refractivity contribution in [2.45, 2.75) is 51.9 Å². The van der Waals surface area contributed by atoms with E-state index in [0.717, 1.165) is 19.3 Å². The molecule has 0 aliphatic heterocycles. The molecular weight excluding hydrogens is 176 g/mol. The number of carbonyl (C=O) groups is 1. The topological polar surface area (TPSA) is 26.3 Å². The van der Waals surface area contributed by atoms with Gasteiger partial charge in [0, 0.05) is 0 Å². The molecule has 2 heteroatoms. The van der Waals surface area contributed by atoms with Gasteiger partial charge in [0.05, 0.1) is 12.5 Å². The minimum absolute atomic E-state index is 0.0434. The number of esters is 1. The van der Waals surface area contributed by atoms with E-state index in [0.29, 0.717) is 5.41 Å². The first-order valence-electron chi connectivity index (χ1n) is 5.75. The Morgan fingerprint density at radius 1 is 1.14 bits per heavy atom. The summed E-state index contributed by atoms with van der Waals surface area (Å²) in [5, 5.41) is 0. The van der Waals surface area contributed by atoms with Crippen LogP contribution in [-0.2, 0) is 9.53 Å². The van der Waals surface area contributed by atoms with Crippen LogP contribution in [0, 0.1) is 10.8 Å². The van der Waals surface area contributed by atoms with E-state index in [2.05, 4.69) is 6.92 Å². The van der Waals surface area contributed by atoms with E-state index in [1.807, 2.05) is 0 Å². The third-order valence-corrected chi connectivity index (χ3v) is 4.77. The molecule has 2 nitrogen and oxygen atoms in total. The zero-order valence-corrected chi connectivity index (χ0v) is 9.27. The summed E-state index contributed by atoms with van der Waals surface area (Å²) in [4.78, 5) is 11.7. The highest BCUT2D eigenvalue weighted by Gasteiger charge is 2.52. The van der Waals surface area contributed by atoms with Gasteiger partial charge in [0.25, 0.3) is 0 Å². The molecule has 0 aromatic heterocycles. The van der Waals surface area contributed by atoms with Gasteiger partial charge in [0.15, 0.2) is 0 Å². The van der Waals surface area contributed by atoms with Gasteiger partial charge >= 0.3 is 5.97 Å². The molecule has 3 rings (SSSR count). The molecule has 0 heterocycles. The predicted molar refractivity (Wildman–Crippen MR) is 54.9 cm³/mol. The predicted octanol–water partition coefficient (Wildman–Crippen LogP) is 2.91. The van der Waals surface area contributed by atoms with E-state index in [9.17, 15) is 4.79 Å². The van der Waals surface area contributed by atoms with Crippen molar-refractivity contribution in [2.75, 3.05) is 7.11 Å². The Bertz CT molecular complexity index is 220. The average molecular weight is 196 g/mol. The van der Waals surface area contributed by atoms with Crippen LogP contribution in [0.1, 0.15) is 51.9 Å². The van der Waals surface area contributed by atoms with Crippen LogP contribution in [0.5, 0.6) is 0 Å². The van der Waals surface area contributed by atoms with Gasteiger partial charge in [0.2, 0.25) is 0 Å². The molecule has 3 aliphatic rings. The second-order valence-electron chi connectivity index (χ2n) is 5.13. The Hall–Kier alpha value is -0.530. The zero-order valence-electron chi connectivity index (χ0n) is 9.27. The molecular formula is C12H20O2. The van der Waals surface area contributed by atoms with Crippen LogP contribution in [0.15, 0.2) is 0 Å². The average Bonchev–Trinajstić information content (AvgIpc) is 2.30. The van der Waals surface area contributed by atoms with Gasteiger partial charge < -0.3 is 4.74 Å². The van der Waals surface area contributed by atoms with E-state index in [1.165, 1.54) is 32.8 Å². The van der Waals surface area contributed by atoms with Crippen LogP contribution in [0.3, 0.4) is 0 Å². The molecule has 0 saturated heterocycles. The normalized spacial score (nSPS) is 41.0. The van der Waals surface area contributed by atoms with Crippen molar-refractivity contribution in [3.63, 3.8) is 0 Å². The number of carbonyl (C=O) groups excluding carboxylic acids is 1. The Morgan fingerprint density at radius 3 is 2.00 bits per heavy atom. The third kappa shape index (κ3) is 1.27. The summed E-state index contributed by atoms with van der Waals surface area (Å²) < 4.78 is 4.94. The van der Waals surface area contributed by atoms with Crippen LogP contribution in [0.4, 0.5) is 0 Å². The van der Waals surface area contributed by atoms with Gasteiger partial charge in [-0.05, 0) is 43.9 Å². The fraction of sp³-hybridized carbons (Fsp3) is 0.917. The van der Waals surface area contributed by atoms with Gasteiger partial charge in [-0.15, -0.1) is 0 Å². The molecule has 0 N–H and O–H groups in total. The summed E-state index contributed by atoms with van der Waals surface area (Å²) in [6, 6.07) is 0. The first-order chi connectivity index (χ1) is 6.66. The fourth-order valence-corrected chi connectivity index (χ4v) is 3.32. The Balaban J connectivity index is 2.12. The van der Waals surface area contributed by atoms with Crippen molar-refractivity contribution in [1.82, 2.24) is 0 Å². The van der Waals surface area contributed by atoms with Crippen LogP contribution < -0.4 is 0 Å². The summed E-state index contributed by atoms with van der Waals surface area (Å²) in [5.41, 5.74) is 0.488. The summed E-state index contributed by atoms with van der Waals surface area (Å²) in [7, 11) is 1.52. The molecule has 80 valence electrons. The lowest BCUT2D eigenvalue weighted by molar-refractivity contribution is -0.162. The van der Waals surface area contributed by atoms with Crippen molar-refractivity contribution >= 4 is 5.97 Å². The number of ether oxygens (including phenoxy) is 1. The first-order valence-corrected chi connectivity index (χ1v) is 5.75. The number of fused-ring (bicyclic) bond motifs is 3. The van der Waals surface area contributed by atoms with E-state index in [-0.39, 0.29) is 11.4 Å². The molecule has 3 aliphatic carbocycles. The fourth-order valence-electron chi connectivity index (χ4n) is 3.32. The van der Waals surface area contributed by atoms with E-state index in [1.54, 1.807) is 0 Å². The van der Waals surface area contributed by atoms with Crippen LogP contribution in [-0.4, -0.2) is 13.1 Å². The molecule has 14 heavy (non-hydrogen) atoms. The Labute approximate surface area is 86.0 Å². The number of rotatable bonds is 2. The van der Waals surface area contributed by atoms with Gasteiger partial charge in [-0.2, -0.15) is 0 Å². The van der Waals surface area contributed by atoms with Crippen molar-refractivity contribution < 1.29 is 9.53 Å². The monoisotopic (exact) mass is 196 g/mol. The molecule has 0 aromatic carbocycles. The van der Waals surface area contributed by atoms with Crippen LogP contribution in [0.25, 0.3) is 0 Å². The summed E-state index contributed by atoms with van der Waals surface area (Å²) in [6.07, 6.45) is 8.18. The van der Waals surface area contributed by atoms with Crippen LogP contribution >= 0.6 is 0 Å². The van der Waals surface area contributed by atoms with E-state index < -0.39 is 0 Å². The maximum atomic E-state index is 11.7. The van der Waals surface area contributed by atoms with Crippen molar-refractivity contribution in [3.8, 4) is 0 Å². The quantitative estimate of drug-likeness (QED) is 0.635. The number of hydrogen-bond acceptors (Lipinski definition) is 2. The van der Waals surface area contributed by atoms with Gasteiger partial charge in [-0.1, -0.05) is 13.3 Å². The summed E-state index contributed by atoms with van der Waals surface area (Å²) >= 11 is 0. The molecule has 0 atom stereocenters. The first kappa shape index (κ1) is 10.0. The van der Waals surface area contributed by atoms with Gasteiger partial charge in [-0.3, -0.25) is 4.79 Å². The van der Waals surface area contributed by atoms with E-state index in [4.69, 9.17) is 4.74 Å². The van der Waals surface area contributed by atoms with E-state index >= 15 is 0 Å². The molecule has 3 fully saturated rings. The number of methoxy groups -OCH3 is 1. The third-order valence-electron chi connectivity index (χ3n) is 4.77. The molecule has 0 unspecified atom stereocenters. The summed E-state index contributed by atoms with van der Waals surface area (Å²) in [6.45, 7) is 2.29. The summed E-state index contributed by atoms with van der Waals surface area (Å²) in [5.74, 6) is 0.0434. The number of hydrogen-bond donors (Lipinski definition) is 0. The standard InChI is InChI=1S/C12H20O2/c1-3-11-4-7-12(8-5-11,9-6-11)10(13)14-2/h3-9H2,1-2H3. The van der Waals surface area contributed by atoms with Crippen molar-refractivity contribution in [1.29, 1.82) is 0 Å². The lowest BCUT2D eigenvalue weighted by atomic mass is 9.53. The second kappa shape index (κ2) is 3.25. The maximum absolute atomic E-state index is 11.7. The zero-order chi connectivity index (χ0) is 10.2. The SMILES string of the molecule is CCC12CCC(C(=O)OC)(CC1)CC2. The molecule has 2 bridgehead atoms. The van der Waals surface area contributed by atoms with Gasteiger partial charge in [0.1, 0.15) is 0 Å². The molecule has 0 aromatic rings. The Kier molecular flexibility index (Phi) is 2.32. The molecule has 0 radical (unpaired) electrons. The highest BCUT2D eigenvalue weighted by molar-refractivity contribution is 5.77. The minimum Gasteiger partial charge on any atom is -0.469 e. The Morgan fingerprint density at radius 2 is 1.64 bits per heavy atom. The van der Waals surface area contributed by atoms with Crippen molar-refractivity contribution in [2.24, 2.45) is 10.8 Å². The lowest BCUT2D eigenvalue weighted by Gasteiger charge is -2.51. The molecule has 0 amide bonds. The molecule has 3 saturated carbocycles. The highest BCUT2D eigenvalue weighted by atomic mass is 16.5. The largest absolute Gasteiger partial charge is 0.469 e. The highest BCUT2D eigenvalue weighted by Crippen LogP contribution is 2.58. The van der Waals surface area contributed by atoms with Crippen LogP contribution in [0.2, 0.25) is 0 Å². The molecule has 0 spiro atoms. The maximum Gasteiger partial charge on any atom is 0.311 e. The minimum atomic E-state index is -0.0916. The lowest BCUT2D eigenvalue weighted by Crippen LogP contribution is -2.46. The second-order valence-corrected chi connectivity index (χ2v) is 5.13.